The zero-order valence-electron chi connectivity index (χ0n) is 10.6. The monoisotopic (exact) mass is 252 g/mol. The molecule has 0 spiro atoms. The number of thioether (sulfide) groups is 1. The number of rotatable bonds is 4. The van der Waals surface area contributed by atoms with E-state index in [2.05, 4.69) is 34.0 Å². The lowest BCUT2D eigenvalue weighted by atomic mass is 10.2. The van der Waals surface area contributed by atoms with Crippen molar-refractivity contribution in [1.29, 1.82) is 0 Å². The van der Waals surface area contributed by atoms with Gasteiger partial charge in [0, 0.05) is 36.7 Å². The topological polar surface area (TPSA) is 41.1 Å². The first kappa shape index (κ1) is 12.5. The van der Waals surface area contributed by atoms with E-state index in [-0.39, 0.29) is 0 Å². The van der Waals surface area contributed by atoms with Crippen LogP contribution in [0, 0.1) is 6.92 Å². The van der Waals surface area contributed by atoms with Crippen molar-refractivity contribution >= 4 is 23.4 Å². The minimum atomic E-state index is 0.965. The average Bonchev–Trinajstić information content (AvgIpc) is 2.39. The van der Waals surface area contributed by atoms with Gasteiger partial charge in [0.25, 0.3) is 0 Å². The second-order valence-corrected chi connectivity index (χ2v) is 5.42. The molecular formula is C12H20N4S. The van der Waals surface area contributed by atoms with Gasteiger partial charge in [0.1, 0.15) is 18.0 Å². The van der Waals surface area contributed by atoms with Crippen molar-refractivity contribution in [1.82, 2.24) is 9.97 Å². The highest BCUT2D eigenvalue weighted by Crippen LogP contribution is 2.24. The molecule has 1 aromatic rings. The summed E-state index contributed by atoms with van der Waals surface area (Å²) in [5, 5.41) is 3.36. The van der Waals surface area contributed by atoms with E-state index in [0.29, 0.717) is 0 Å². The van der Waals surface area contributed by atoms with Crippen LogP contribution in [0.25, 0.3) is 0 Å². The summed E-state index contributed by atoms with van der Waals surface area (Å²) in [5.41, 5.74) is 1.17. The summed E-state index contributed by atoms with van der Waals surface area (Å²) in [6.45, 7) is 7.42. The van der Waals surface area contributed by atoms with Crippen LogP contribution in [0.1, 0.15) is 18.9 Å². The fraction of sp³-hybridized carbons (Fsp3) is 0.667. The summed E-state index contributed by atoms with van der Waals surface area (Å²) in [6.07, 6.45) is 2.78. The molecular weight excluding hydrogens is 232 g/mol. The molecule has 4 nitrogen and oxygen atoms in total. The molecule has 94 valence electrons. The second kappa shape index (κ2) is 6.10. The van der Waals surface area contributed by atoms with Crippen LogP contribution in [0.3, 0.4) is 0 Å². The highest BCUT2D eigenvalue weighted by Gasteiger charge is 2.16. The van der Waals surface area contributed by atoms with E-state index < -0.39 is 0 Å². The number of hydrogen-bond donors (Lipinski definition) is 1. The SMILES string of the molecule is CCCNc1ncnc(N2CCSCC2)c1C. The van der Waals surface area contributed by atoms with Crippen LogP contribution in [-0.2, 0) is 0 Å². The molecule has 1 N–H and O–H groups in total. The Morgan fingerprint density at radius 2 is 2.12 bits per heavy atom. The molecule has 1 fully saturated rings. The number of nitrogens with one attached hydrogen (secondary N) is 1. The maximum Gasteiger partial charge on any atom is 0.137 e. The predicted octanol–water partition coefficient (Wildman–Crippen LogP) is 2.16. The van der Waals surface area contributed by atoms with Crippen LogP contribution in [0.15, 0.2) is 6.33 Å². The maximum atomic E-state index is 4.44. The largest absolute Gasteiger partial charge is 0.370 e. The molecule has 1 aliphatic rings. The summed E-state index contributed by atoms with van der Waals surface area (Å²) in [6, 6.07) is 0. The molecule has 0 unspecified atom stereocenters. The standard InChI is InChI=1S/C12H20N4S/c1-3-4-13-11-10(2)12(15-9-14-11)16-5-7-17-8-6-16/h9H,3-8H2,1-2H3,(H,13,14,15). The Labute approximate surface area is 107 Å². The van der Waals surface area contributed by atoms with Crippen LogP contribution in [0.5, 0.6) is 0 Å². The van der Waals surface area contributed by atoms with Crippen LogP contribution in [0.4, 0.5) is 11.6 Å². The fourth-order valence-electron chi connectivity index (χ4n) is 1.96. The molecule has 17 heavy (non-hydrogen) atoms. The third-order valence-corrected chi connectivity index (χ3v) is 3.85. The molecule has 2 heterocycles. The summed E-state index contributed by atoms with van der Waals surface area (Å²) in [4.78, 5) is 11.1. The minimum absolute atomic E-state index is 0.965. The Balaban J connectivity index is 2.15. The van der Waals surface area contributed by atoms with Crippen LogP contribution >= 0.6 is 11.8 Å². The van der Waals surface area contributed by atoms with Gasteiger partial charge in [-0.1, -0.05) is 6.92 Å². The zero-order chi connectivity index (χ0) is 12.1. The number of anilines is 2. The van der Waals surface area contributed by atoms with E-state index in [1.54, 1.807) is 6.33 Å². The van der Waals surface area contributed by atoms with Crippen molar-refractivity contribution < 1.29 is 0 Å². The minimum Gasteiger partial charge on any atom is -0.370 e. The smallest absolute Gasteiger partial charge is 0.137 e. The van der Waals surface area contributed by atoms with Gasteiger partial charge in [0.15, 0.2) is 0 Å². The Morgan fingerprint density at radius 1 is 1.35 bits per heavy atom. The molecule has 0 amide bonds. The van der Waals surface area contributed by atoms with Gasteiger partial charge in [0.2, 0.25) is 0 Å². The van der Waals surface area contributed by atoms with E-state index in [4.69, 9.17) is 0 Å². The van der Waals surface area contributed by atoms with Gasteiger partial charge in [-0.15, -0.1) is 0 Å². The third kappa shape index (κ3) is 3.03. The highest BCUT2D eigenvalue weighted by molar-refractivity contribution is 7.99. The zero-order valence-corrected chi connectivity index (χ0v) is 11.4. The van der Waals surface area contributed by atoms with Gasteiger partial charge in [0.05, 0.1) is 0 Å². The number of nitrogens with zero attached hydrogens (tertiary/aromatic N) is 3. The van der Waals surface area contributed by atoms with Crippen molar-refractivity contribution in [2.24, 2.45) is 0 Å². The third-order valence-electron chi connectivity index (χ3n) is 2.91. The van der Waals surface area contributed by atoms with Crippen molar-refractivity contribution in [2.75, 3.05) is 41.4 Å². The molecule has 1 aliphatic heterocycles. The van der Waals surface area contributed by atoms with E-state index in [1.165, 1.54) is 17.1 Å². The summed E-state index contributed by atoms with van der Waals surface area (Å²) in [5.74, 6) is 4.47. The molecule has 0 saturated carbocycles. The van der Waals surface area contributed by atoms with Crippen LogP contribution < -0.4 is 10.2 Å². The molecule has 0 aliphatic carbocycles. The summed E-state index contributed by atoms with van der Waals surface area (Å²) < 4.78 is 0. The Morgan fingerprint density at radius 3 is 2.82 bits per heavy atom. The van der Waals surface area contributed by atoms with Crippen molar-refractivity contribution in [3.8, 4) is 0 Å². The van der Waals surface area contributed by atoms with Gasteiger partial charge in [-0.25, -0.2) is 9.97 Å². The molecule has 1 saturated heterocycles. The van der Waals surface area contributed by atoms with Crippen molar-refractivity contribution in [3.63, 3.8) is 0 Å². The van der Waals surface area contributed by atoms with E-state index in [0.717, 1.165) is 37.7 Å². The lowest BCUT2D eigenvalue weighted by Crippen LogP contribution is -2.33. The Kier molecular flexibility index (Phi) is 4.48. The first-order chi connectivity index (χ1) is 8.33. The second-order valence-electron chi connectivity index (χ2n) is 4.20. The van der Waals surface area contributed by atoms with Gasteiger partial charge < -0.3 is 10.2 Å². The molecule has 2 rings (SSSR count). The fourth-order valence-corrected chi connectivity index (χ4v) is 2.86. The van der Waals surface area contributed by atoms with Gasteiger partial charge in [-0.05, 0) is 13.3 Å². The van der Waals surface area contributed by atoms with Crippen LogP contribution in [-0.4, -0.2) is 41.1 Å². The molecule has 0 radical (unpaired) electrons. The van der Waals surface area contributed by atoms with Gasteiger partial charge in [-0.3, -0.25) is 0 Å². The van der Waals surface area contributed by atoms with Crippen molar-refractivity contribution in [3.05, 3.63) is 11.9 Å². The van der Waals surface area contributed by atoms with Crippen molar-refractivity contribution in [2.45, 2.75) is 20.3 Å². The quantitative estimate of drug-likeness (QED) is 0.889. The van der Waals surface area contributed by atoms with Crippen LogP contribution in [0.2, 0.25) is 0 Å². The summed E-state index contributed by atoms with van der Waals surface area (Å²) >= 11 is 2.02. The molecule has 0 aromatic carbocycles. The highest BCUT2D eigenvalue weighted by atomic mass is 32.2. The number of aromatic nitrogens is 2. The summed E-state index contributed by atoms with van der Waals surface area (Å²) in [7, 11) is 0. The lowest BCUT2D eigenvalue weighted by Gasteiger charge is -2.29. The first-order valence-corrected chi connectivity index (χ1v) is 7.36. The number of hydrogen-bond acceptors (Lipinski definition) is 5. The Bertz CT molecular complexity index is 364. The molecule has 0 bridgehead atoms. The predicted molar refractivity (Wildman–Crippen MR) is 75.1 cm³/mol. The first-order valence-electron chi connectivity index (χ1n) is 6.21. The van der Waals surface area contributed by atoms with E-state index >= 15 is 0 Å². The van der Waals surface area contributed by atoms with Gasteiger partial charge >= 0.3 is 0 Å². The molecule has 5 heteroatoms. The average molecular weight is 252 g/mol. The Hall–Kier alpha value is -0.970. The lowest BCUT2D eigenvalue weighted by molar-refractivity contribution is 0.827. The van der Waals surface area contributed by atoms with Gasteiger partial charge in [-0.2, -0.15) is 11.8 Å². The maximum absolute atomic E-state index is 4.44. The van der Waals surface area contributed by atoms with E-state index in [1.807, 2.05) is 11.8 Å². The normalized spacial score (nSPS) is 16.0. The molecule has 1 aromatic heterocycles. The molecule has 0 atom stereocenters. The van der Waals surface area contributed by atoms with E-state index in [9.17, 15) is 0 Å².